The number of hydrogen-bond donors (Lipinski definition) is 0. The molecule has 0 aliphatic carbocycles. The SMILES string of the molecule is Pc1ccncn1. The predicted molar refractivity (Wildman–Crippen MR) is 31.4 cm³/mol. The molecule has 0 fully saturated rings. The summed E-state index contributed by atoms with van der Waals surface area (Å²) in [6.45, 7) is 0. The van der Waals surface area contributed by atoms with E-state index in [1.165, 1.54) is 6.33 Å². The van der Waals surface area contributed by atoms with Gasteiger partial charge in [0, 0.05) is 6.20 Å². The minimum atomic E-state index is 0.926. The van der Waals surface area contributed by atoms with Crippen LogP contribution in [0.25, 0.3) is 0 Å². The summed E-state index contributed by atoms with van der Waals surface area (Å²) in [5, 5.41) is 0. The molecule has 0 radical (unpaired) electrons. The summed E-state index contributed by atoms with van der Waals surface area (Å²) in [4.78, 5) is 7.55. The molecule has 0 saturated carbocycles. The van der Waals surface area contributed by atoms with Gasteiger partial charge < -0.3 is 0 Å². The Labute approximate surface area is 44.2 Å². The Bertz CT molecular complexity index is 140. The van der Waals surface area contributed by atoms with E-state index in [1.807, 2.05) is 6.07 Å². The van der Waals surface area contributed by atoms with Crippen LogP contribution in [0.4, 0.5) is 0 Å². The van der Waals surface area contributed by atoms with E-state index in [2.05, 4.69) is 19.2 Å². The lowest BCUT2D eigenvalue weighted by Gasteiger charge is -1.81. The third-order valence-electron chi connectivity index (χ3n) is 0.605. The minimum absolute atomic E-state index is 0.926. The topological polar surface area (TPSA) is 25.8 Å². The van der Waals surface area contributed by atoms with Crippen LogP contribution in [0.15, 0.2) is 18.6 Å². The maximum atomic E-state index is 3.83. The van der Waals surface area contributed by atoms with Crippen molar-refractivity contribution in [1.29, 1.82) is 0 Å². The van der Waals surface area contributed by atoms with Gasteiger partial charge >= 0.3 is 0 Å². The quantitative estimate of drug-likeness (QED) is 0.441. The molecule has 1 unspecified atom stereocenters. The molecule has 0 amide bonds. The molecule has 0 N–H and O–H groups in total. The Morgan fingerprint density at radius 1 is 1.57 bits per heavy atom. The average molecular weight is 112 g/mol. The van der Waals surface area contributed by atoms with Crippen LogP contribution in [0, 0.1) is 0 Å². The second-order valence-electron chi connectivity index (χ2n) is 1.13. The molecule has 0 aromatic carbocycles. The van der Waals surface area contributed by atoms with Gasteiger partial charge in [-0.25, -0.2) is 9.97 Å². The fraction of sp³-hybridized carbons (Fsp3) is 0. The van der Waals surface area contributed by atoms with Crippen LogP contribution in [0.3, 0.4) is 0 Å². The minimum Gasteiger partial charge on any atom is -0.245 e. The first-order valence-corrected chi connectivity index (χ1v) is 2.49. The lowest BCUT2D eigenvalue weighted by molar-refractivity contribution is 1.20. The van der Waals surface area contributed by atoms with Gasteiger partial charge in [-0.2, -0.15) is 0 Å². The molecule has 1 heterocycles. The zero-order valence-electron chi connectivity index (χ0n) is 3.70. The fourth-order valence-corrected chi connectivity index (χ4v) is 0.454. The first-order chi connectivity index (χ1) is 3.39. The van der Waals surface area contributed by atoms with E-state index >= 15 is 0 Å². The molecule has 0 aliphatic rings. The first kappa shape index (κ1) is 4.66. The molecular weight excluding hydrogens is 107 g/mol. The van der Waals surface area contributed by atoms with E-state index in [0.717, 1.165) is 5.44 Å². The fourth-order valence-electron chi connectivity index (χ4n) is 0.301. The summed E-state index contributed by atoms with van der Waals surface area (Å²) >= 11 is 0. The van der Waals surface area contributed by atoms with Gasteiger partial charge in [0.1, 0.15) is 6.33 Å². The summed E-state index contributed by atoms with van der Waals surface area (Å²) < 4.78 is 0. The van der Waals surface area contributed by atoms with Crippen molar-refractivity contribution in [3.8, 4) is 0 Å². The second-order valence-corrected chi connectivity index (χ2v) is 1.73. The Morgan fingerprint density at radius 3 is 2.71 bits per heavy atom. The maximum absolute atomic E-state index is 3.83. The summed E-state index contributed by atoms with van der Waals surface area (Å²) in [6.07, 6.45) is 3.22. The molecular formula is C4H5N2P. The zero-order valence-corrected chi connectivity index (χ0v) is 4.86. The van der Waals surface area contributed by atoms with Crippen molar-refractivity contribution in [3.05, 3.63) is 18.6 Å². The molecule has 0 saturated heterocycles. The molecule has 0 bridgehead atoms. The van der Waals surface area contributed by atoms with Crippen molar-refractivity contribution in [2.75, 3.05) is 0 Å². The maximum Gasteiger partial charge on any atom is 0.116 e. The number of nitrogens with zero attached hydrogens (tertiary/aromatic N) is 2. The van der Waals surface area contributed by atoms with E-state index in [0.29, 0.717) is 0 Å². The largest absolute Gasteiger partial charge is 0.245 e. The normalized spacial score (nSPS) is 8.71. The van der Waals surface area contributed by atoms with Gasteiger partial charge in [-0.15, -0.1) is 0 Å². The van der Waals surface area contributed by atoms with E-state index in [1.54, 1.807) is 6.20 Å². The van der Waals surface area contributed by atoms with Crippen LogP contribution in [0.5, 0.6) is 0 Å². The van der Waals surface area contributed by atoms with E-state index in [9.17, 15) is 0 Å². The van der Waals surface area contributed by atoms with Crippen molar-refractivity contribution in [3.63, 3.8) is 0 Å². The molecule has 1 atom stereocenters. The Kier molecular flexibility index (Phi) is 1.32. The molecule has 2 nitrogen and oxygen atoms in total. The van der Waals surface area contributed by atoms with Crippen LogP contribution in [-0.4, -0.2) is 9.97 Å². The first-order valence-electron chi connectivity index (χ1n) is 1.91. The van der Waals surface area contributed by atoms with Crippen LogP contribution in [-0.2, 0) is 0 Å². The number of hydrogen-bond acceptors (Lipinski definition) is 2. The van der Waals surface area contributed by atoms with Gasteiger partial charge in [-0.3, -0.25) is 0 Å². The predicted octanol–water partition coefficient (Wildman–Crippen LogP) is -0.0230. The highest BCUT2D eigenvalue weighted by Gasteiger charge is 1.74. The summed E-state index contributed by atoms with van der Waals surface area (Å²) in [5.41, 5.74) is 0.926. The van der Waals surface area contributed by atoms with E-state index < -0.39 is 0 Å². The molecule has 0 spiro atoms. The van der Waals surface area contributed by atoms with Gasteiger partial charge in [0.25, 0.3) is 0 Å². The van der Waals surface area contributed by atoms with Gasteiger partial charge in [-0.05, 0) is 6.07 Å². The molecule has 1 aromatic rings. The summed E-state index contributed by atoms with van der Waals surface area (Å²) in [6, 6.07) is 1.82. The van der Waals surface area contributed by atoms with Gasteiger partial charge in [0.15, 0.2) is 0 Å². The van der Waals surface area contributed by atoms with Gasteiger partial charge in [-0.1, -0.05) is 9.24 Å². The average Bonchev–Trinajstić information content (AvgIpc) is 1.69. The third kappa shape index (κ3) is 1.20. The number of aromatic nitrogens is 2. The number of rotatable bonds is 0. The Hall–Kier alpha value is -0.490. The summed E-state index contributed by atoms with van der Waals surface area (Å²) in [7, 11) is 2.48. The van der Waals surface area contributed by atoms with E-state index in [4.69, 9.17) is 0 Å². The second kappa shape index (κ2) is 1.99. The van der Waals surface area contributed by atoms with Crippen molar-refractivity contribution < 1.29 is 0 Å². The monoisotopic (exact) mass is 112 g/mol. The van der Waals surface area contributed by atoms with Crippen LogP contribution < -0.4 is 5.44 Å². The van der Waals surface area contributed by atoms with Crippen LogP contribution >= 0.6 is 9.24 Å². The highest BCUT2D eigenvalue weighted by atomic mass is 31.0. The van der Waals surface area contributed by atoms with Crippen molar-refractivity contribution in [2.24, 2.45) is 0 Å². The molecule has 3 heteroatoms. The van der Waals surface area contributed by atoms with Gasteiger partial charge in [0.2, 0.25) is 0 Å². The lowest BCUT2D eigenvalue weighted by Crippen LogP contribution is -1.94. The standard InChI is InChI=1S/C4H5N2P/c7-4-1-2-5-3-6-4/h1-3H,7H2. The van der Waals surface area contributed by atoms with Crippen LogP contribution in [0.1, 0.15) is 0 Å². The molecule has 0 aliphatic heterocycles. The van der Waals surface area contributed by atoms with Crippen molar-refractivity contribution in [1.82, 2.24) is 9.97 Å². The van der Waals surface area contributed by atoms with Crippen molar-refractivity contribution in [2.45, 2.75) is 0 Å². The lowest BCUT2D eigenvalue weighted by atomic mass is 10.7. The molecule has 36 valence electrons. The summed E-state index contributed by atoms with van der Waals surface area (Å²) in [5.74, 6) is 0. The van der Waals surface area contributed by atoms with Gasteiger partial charge in [0.05, 0.1) is 5.44 Å². The Balaban J connectivity index is 3.02. The Morgan fingerprint density at radius 2 is 2.43 bits per heavy atom. The highest BCUT2D eigenvalue weighted by molar-refractivity contribution is 7.26. The van der Waals surface area contributed by atoms with E-state index in [-0.39, 0.29) is 0 Å². The smallest absolute Gasteiger partial charge is 0.116 e. The molecule has 7 heavy (non-hydrogen) atoms. The zero-order chi connectivity index (χ0) is 5.11. The van der Waals surface area contributed by atoms with Crippen LogP contribution in [0.2, 0.25) is 0 Å². The molecule has 1 aromatic heterocycles. The molecule has 1 rings (SSSR count). The van der Waals surface area contributed by atoms with Crippen molar-refractivity contribution >= 4 is 14.7 Å². The highest BCUT2D eigenvalue weighted by Crippen LogP contribution is 1.77. The third-order valence-corrected chi connectivity index (χ3v) is 0.946.